The van der Waals surface area contributed by atoms with Gasteiger partial charge in [0.1, 0.15) is 0 Å². The number of hydrogen-bond donors (Lipinski definition) is 0. The molecule has 0 radical (unpaired) electrons. The van der Waals surface area contributed by atoms with Crippen LogP contribution in [0.1, 0.15) is 11.1 Å². The summed E-state index contributed by atoms with van der Waals surface area (Å²) in [7, 11) is 0. The van der Waals surface area contributed by atoms with E-state index in [4.69, 9.17) is 0 Å². The van der Waals surface area contributed by atoms with E-state index in [1.54, 1.807) is 23.9 Å². The minimum Gasteiger partial charge on any atom is -0.297 e. The summed E-state index contributed by atoms with van der Waals surface area (Å²) >= 11 is 1.76. The molecule has 1 saturated heterocycles. The zero-order chi connectivity index (χ0) is 17.6. The van der Waals surface area contributed by atoms with Crippen molar-refractivity contribution >= 4 is 17.4 Å². The zero-order valence-corrected chi connectivity index (χ0v) is 15.2. The lowest BCUT2D eigenvalue weighted by Crippen LogP contribution is -2.45. The van der Waals surface area contributed by atoms with Gasteiger partial charge in [-0.3, -0.25) is 19.9 Å². The van der Waals surface area contributed by atoms with Crippen LogP contribution in [0.4, 0.5) is 5.69 Å². The Morgan fingerprint density at radius 1 is 0.960 bits per heavy atom. The molecule has 25 heavy (non-hydrogen) atoms. The highest BCUT2D eigenvalue weighted by Crippen LogP contribution is 2.21. The van der Waals surface area contributed by atoms with Gasteiger partial charge in [-0.1, -0.05) is 30.3 Å². The highest BCUT2D eigenvalue weighted by atomic mass is 32.2. The average Bonchev–Trinajstić information content (AvgIpc) is 2.64. The van der Waals surface area contributed by atoms with Gasteiger partial charge in [-0.05, 0) is 24.0 Å². The second-order valence-electron chi connectivity index (χ2n) is 6.29. The van der Waals surface area contributed by atoms with Crippen LogP contribution in [-0.4, -0.2) is 47.2 Å². The van der Waals surface area contributed by atoms with Crippen LogP contribution >= 0.6 is 11.8 Å². The van der Waals surface area contributed by atoms with E-state index in [1.165, 1.54) is 10.5 Å². The predicted octanol–water partition coefficient (Wildman–Crippen LogP) is 3.63. The van der Waals surface area contributed by atoms with Gasteiger partial charge in [-0.15, -0.1) is 11.8 Å². The van der Waals surface area contributed by atoms with Gasteiger partial charge in [0.25, 0.3) is 5.69 Å². The summed E-state index contributed by atoms with van der Waals surface area (Å²) in [6.07, 6.45) is 2.09. The molecule has 1 heterocycles. The second-order valence-corrected chi connectivity index (χ2v) is 7.17. The van der Waals surface area contributed by atoms with Gasteiger partial charge in [0.15, 0.2) is 0 Å². The molecular formula is C19H23N3O2S. The lowest BCUT2D eigenvalue weighted by Gasteiger charge is -2.34. The number of para-hydroxylation sites is 1. The molecule has 0 amide bonds. The molecule has 6 heteroatoms. The van der Waals surface area contributed by atoms with Crippen molar-refractivity contribution in [3.63, 3.8) is 0 Å². The van der Waals surface area contributed by atoms with Crippen molar-refractivity contribution in [2.24, 2.45) is 0 Å². The number of nitrogens with zero attached hydrogens (tertiary/aromatic N) is 3. The summed E-state index contributed by atoms with van der Waals surface area (Å²) in [4.78, 5) is 16.9. The third-order valence-electron chi connectivity index (χ3n) is 4.61. The van der Waals surface area contributed by atoms with Crippen molar-refractivity contribution in [2.75, 3.05) is 32.4 Å². The fourth-order valence-corrected chi connectivity index (χ4v) is 3.57. The third kappa shape index (κ3) is 4.81. The van der Waals surface area contributed by atoms with Crippen molar-refractivity contribution in [3.8, 4) is 0 Å². The number of nitro benzene ring substituents is 1. The van der Waals surface area contributed by atoms with Crippen LogP contribution in [-0.2, 0) is 13.1 Å². The van der Waals surface area contributed by atoms with Crippen molar-refractivity contribution < 1.29 is 4.92 Å². The lowest BCUT2D eigenvalue weighted by atomic mass is 10.1. The van der Waals surface area contributed by atoms with E-state index in [0.29, 0.717) is 6.54 Å². The maximum absolute atomic E-state index is 11.1. The standard InChI is InChI=1S/C19H23N3O2S/c1-25-18-8-6-16(7-9-18)14-20-10-12-21(13-11-20)15-17-4-2-3-5-19(17)22(23)24/h2-9H,10-15H2,1H3. The molecule has 0 aromatic heterocycles. The van der Waals surface area contributed by atoms with E-state index in [-0.39, 0.29) is 10.6 Å². The van der Waals surface area contributed by atoms with Crippen LogP contribution in [0.5, 0.6) is 0 Å². The largest absolute Gasteiger partial charge is 0.297 e. The SMILES string of the molecule is CSc1ccc(CN2CCN(Cc3ccccc3[N+](=O)[O-])CC2)cc1. The van der Waals surface area contributed by atoms with Crippen LogP contribution in [0, 0.1) is 10.1 Å². The minimum atomic E-state index is -0.288. The van der Waals surface area contributed by atoms with Crippen LogP contribution in [0.15, 0.2) is 53.4 Å². The molecule has 0 aliphatic carbocycles. The Balaban J connectivity index is 1.52. The Kier molecular flexibility index (Phi) is 6.07. The molecule has 0 bridgehead atoms. The first-order chi connectivity index (χ1) is 12.2. The molecule has 2 aromatic rings. The molecule has 0 spiro atoms. The molecule has 0 unspecified atom stereocenters. The lowest BCUT2D eigenvalue weighted by molar-refractivity contribution is -0.385. The summed E-state index contributed by atoms with van der Waals surface area (Å²) in [6.45, 7) is 5.47. The Labute approximate surface area is 152 Å². The molecule has 132 valence electrons. The van der Waals surface area contributed by atoms with Gasteiger partial charge < -0.3 is 0 Å². The Morgan fingerprint density at radius 3 is 2.16 bits per heavy atom. The smallest absolute Gasteiger partial charge is 0.273 e. The van der Waals surface area contributed by atoms with Crippen LogP contribution < -0.4 is 0 Å². The van der Waals surface area contributed by atoms with Gasteiger partial charge in [0, 0.05) is 55.8 Å². The first kappa shape index (κ1) is 17.9. The molecule has 1 aliphatic rings. The van der Waals surface area contributed by atoms with Crippen molar-refractivity contribution in [1.82, 2.24) is 9.80 Å². The van der Waals surface area contributed by atoms with Crippen LogP contribution in [0.3, 0.4) is 0 Å². The fraction of sp³-hybridized carbons (Fsp3) is 0.368. The zero-order valence-electron chi connectivity index (χ0n) is 14.4. The number of benzene rings is 2. The summed E-state index contributed by atoms with van der Waals surface area (Å²) in [5.41, 5.74) is 2.36. The summed E-state index contributed by atoms with van der Waals surface area (Å²) < 4.78 is 0. The third-order valence-corrected chi connectivity index (χ3v) is 5.36. The van der Waals surface area contributed by atoms with Crippen molar-refractivity contribution in [1.29, 1.82) is 0 Å². The number of hydrogen-bond acceptors (Lipinski definition) is 5. The van der Waals surface area contributed by atoms with Gasteiger partial charge >= 0.3 is 0 Å². The molecular weight excluding hydrogens is 334 g/mol. The molecule has 1 fully saturated rings. The highest BCUT2D eigenvalue weighted by molar-refractivity contribution is 7.98. The Hall–Kier alpha value is -1.89. The second kappa shape index (κ2) is 8.47. The van der Waals surface area contributed by atoms with E-state index in [0.717, 1.165) is 38.3 Å². The van der Waals surface area contributed by atoms with E-state index >= 15 is 0 Å². The Morgan fingerprint density at radius 2 is 1.56 bits per heavy atom. The van der Waals surface area contributed by atoms with Gasteiger partial charge in [0.05, 0.1) is 4.92 Å². The molecule has 0 atom stereocenters. The van der Waals surface area contributed by atoms with Crippen LogP contribution in [0.2, 0.25) is 0 Å². The topological polar surface area (TPSA) is 49.6 Å². The van der Waals surface area contributed by atoms with Crippen molar-refractivity contribution in [2.45, 2.75) is 18.0 Å². The molecule has 3 rings (SSSR count). The molecule has 0 saturated carbocycles. The number of rotatable bonds is 6. The van der Waals surface area contributed by atoms with Gasteiger partial charge in [0.2, 0.25) is 0 Å². The Bertz CT molecular complexity index is 713. The number of nitro groups is 1. The molecule has 0 N–H and O–H groups in total. The van der Waals surface area contributed by atoms with E-state index < -0.39 is 0 Å². The van der Waals surface area contributed by atoms with E-state index in [2.05, 4.69) is 40.3 Å². The molecule has 5 nitrogen and oxygen atoms in total. The first-order valence-corrected chi connectivity index (χ1v) is 9.68. The maximum Gasteiger partial charge on any atom is 0.273 e. The average molecular weight is 357 g/mol. The monoisotopic (exact) mass is 357 g/mol. The molecule has 1 aliphatic heterocycles. The summed E-state index contributed by atoms with van der Waals surface area (Å²) in [5, 5.41) is 11.1. The minimum absolute atomic E-state index is 0.221. The number of thioether (sulfide) groups is 1. The predicted molar refractivity (Wildman–Crippen MR) is 102 cm³/mol. The van der Waals surface area contributed by atoms with E-state index in [1.807, 2.05) is 12.1 Å². The van der Waals surface area contributed by atoms with Crippen molar-refractivity contribution in [3.05, 3.63) is 69.8 Å². The summed E-state index contributed by atoms with van der Waals surface area (Å²) in [6, 6.07) is 15.8. The fourth-order valence-electron chi connectivity index (χ4n) is 3.16. The van der Waals surface area contributed by atoms with Crippen LogP contribution in [0.25, 0.3) is 0 Å². The molecule has 2 aromatic carbocycles. The normalized spacial score (nSPS) is 16.0. The first-order valence-electron chi connectivity index (χ1n) is 8.45. The quantitative estimate of drug-likeness (QED) is 0.449. The number of piperazine rings is 1. The van der Waals surface area contributed by atoms with Gasteiger partial charge in [-0.2, -0.15) is 0 Å². The summed E-state index contributed by atoms with van der Waals surface area (Å²) in [5.74, 6) is 0. The highest BCUT2D eigenvalue weighted by Gasteiger charge is 2.20. The van der Waals surface area contributed by atoms with Gasteiger partial charge in [-0.25, -0.2) is 0 Å². The maximum atomic E-state index is 11.1. The van der Waals surface area contributed by atoms with E-state index in [9.17, 15) is 10.1 Å².